The van der Waals surface area contributed by atoms with Gasteiger partial charge in [-0.05, 0) is 30.7 Å². The molecule has 2 amide bonds. The molecule has 0 bridgehead atoms. The summed E-state index contributed by atoms with van der Waals surface area (Å²) in [6.07, 6.45) is 1.37. The minimum atomic E-state index is -0.804. The molecule has 0 radical (unpaired) electrons. The number of amides is 2. The maximum Gasteiger partial charge on any atom is 0.260 e. The van der Waals surface area contributed by atoms with Gasteiger partial charge in [-0.15, -0.1) is 0 Å². The van der Waals surface area contributed by atoms with Gasteiger partial charge in [0.2, 0.25) is 0 Å². The molecule has 0 spiro atoms. The van der Waals surface area contributed by atoms with E-state index in [2.05, 4.69) is 0 Å². The summed E-state index contributed by atoms with van der Waals surface area (Å²) in [5, 5.41) is 8.93. The molecule has 1 fully saturated rings. The molecule has 1 aliphatic rings. The van der Waals surface area contributed by atoms with Gasteiger partial charge in [0, 0.05) is 13.1 Å². The molecule has 1 aliphatic heterocycles. The predicted molar refractivity (Wildman–Crippen MR) is 93.3 cm³/mol. The van der Waals surface area contributed by atoms with Crippen LogP contribution in [0.3, 0.4) is 0 Å². The molecule has 0 unspecified atom stereocenters. The standard InChI is InChI=1S/C18H21N3O5/c1-2-25-16-10-13(9-14(11-19)18(20)23)3-4-15(16)26-12-17(22)21-5-7-24-8-6-21/h3-4,9-10H,2,5-8,12H2,1H3,(H2,20,23). The van der Waals surface area contributed by atoms with Crippen LogP contribution in [0.15, 0.2) is 23.8 Å². The molecule has 138 valence electrons. The quantitative estimate of drug-likeness (QED) is 0.566. The van der Waals surface area contributed by atoms with Gasteiger partial charge in [-0.2, -0.15) is 5.26 Å². The van der Waals surface area contributed by atoms with Gasteiger partial charge in [-0.3, -0.25) is 9.59 Å². The number of primary amides is 1. The minimum Gasteiger partial charge on any atom is -0.490 e. The summed E-state index contributed by atoms with van der Waals surface area (Å²) in [5.41, 5.74) is 5.54. The Balaban J connectivity index is 2.11. The number of carbonyl (C=O) groups is 2. The summed E-state index contributed by atoms with van der Waals surface area (Å²) in [7, 11) is 0. The molecule has 1 aromatic carbocycles. The van der Waals surface area contributed by atoms with E-state index >= 15 is 0 Å². The van der Waals surface area contributed by atoms with Crippen molar-refractivity contribution in [3.63, 3.8) is 0 Å². The minimum absolute atomic E-state index is 0.111. The summed E-state index contributed by atoms with van der Waals surface area (Å²) in [6, 6.07) is 6.64. The van der Waals surface area contributed by atoms with E-state index in [9.17, 15) is 9.59 Å². The van der Waals surface area contributed by atoms with E-state index in [1.165, 1.54) is 6.08 Å². The van der Waals surface area contributed by atoms with Crippen molar-refractivity contribution >= 4 is 17.9 Å². The first kappa shape index (κ1) is 19.3. The van der Waals surface area contributed by atoms with E-state index < -0.39 is 5.91 Å². The molecule has 8 heteroatoms. The van der Waals surface area contributed by atoms with Crippen LogP contribution in [-0.2, 0) is 14.3 Å². The first-order valence-electron chi connectivity index (χ1n) is 8.22. The topological polar surface area (TPSA) is 115 Å². The number of nitrogens with zero attached hydrogens (tertiary/aromatic N) is 2. The van der Waals surface area contributed by atoms with Crippen molar-refractivity contribution in [2.45, 2.75) is 6.92 Å². The first-order chi connectivity index (χ1) is 12.5. The number of rotatable bonds is 7. The summed E-state index contributed by atoms with van der Waals surface area (Å²) in [6.45, 7) is 4.25. The van der Waals surface area contributed by atoms with Crippen LogP contribution in [0.5, 0.6) is 11.5 Å². The van der Waals surface area contributed by atoms with Crippen LogP contribution in [0.4, 0.5) is 0 Å². The molecule has 8 nitrogen and oxygen atoms in total. The van der Waals surface area contributed by atoms with Crippen LogP contribution in [0.25, 0.3) is 6.08 Å². The highest BCUT2D eigenvalue weighted by Gasteiger charge is 2.18. The fraction of sp³-hybridized carbons (Fsp3) is 0.389. The molecule has 2 N–H and O–H groups in total. The number of hydrogen-bond donors (Lipinski definition) is 1. The highest BCUT2D eigenvalue weighted by atomic mass is 16.5. The number of benzene rings is 1. The number of hydrogen-bond acceptors (Lipinski definition) is 6. The molecular formula is C18H21N3O5. The van der Waals surface area contributed by atoms with Crippen LogP contribution >= 0.6 is 0 Å². The summed E-state index contributed by atoms with van der Waals surface area (Å²) >= 11 is 0. The summed E-state index contributed by atoms with van der Waals surface area (Å²) in [4.78, 5) is 25.0. The van der Waals surface area contributed by atoms with Gasteiger partial charge in [0.1, 0.15) is 11.6 Å². The monoisotopic (exact) mass is 359 g/mol. The molecule has 0 atom stereocenters. The van der Waals surface area contributed by atoms with Crippen LogP contribution in [-0.4, -0.2) is 56.2 Å². The normalized spacial score (nSPS) is 14.5. The number of morpholine rings is 1. The van der Waals surface area contributed by atoms with Crippen LogP contribution in [0.1, 0.15) is 12.5 Å². The van der Waals surface area contributed by atoms with Crippen LogP contribution < -0.4 is 15.2 Å². The molecular weight excluding hydrogens is 338 g/mol. The van der Waals surface area contributed by atoms with Gasteiger partial charge < -0.3 is 24.8 Å². The predicted octanol–water partition coefficient (Wildman–Crippen LogP) is 0.715. The van der Waals surface area contributed by atoms with Gasteiger partial charge in [-0.25, -0.2) is 0 Å². The molecule has 1 heterocycles. The van der Waals surface area contributed by atoms with E-state index in [1.807, 2.05) is 6.92 Å². The molecule has 0 saturated carbocycles. The average molecular weight is 359 g/mol. The van der Waals surface area contributed by atoms with Crippen LogP contribution in [0.2, 0.25) is 0 Å². The third-order valence-corrected chi connectivity index (χ3v) is 3.68. The van der Waals surface area contributed by atoms with Crippen molar-refractivity contribution in [1.82, 2.24) is 4.90 Å². The largest absolute Gasteiger partial charge is 0.490 e. The Bertz CT molecular complexity index is 733. The second kappa shape index (κ2) is 9.44. The lowest BCUT2D eigenvalue weighted by molar-refractivity contribution is -0.137. The Kier molecular flexibility index (Phi) is 7.00. The fourth-order valence-electron chi connectivity index (χ4n) is 2.37. The van der Waals surface area contributed by atoms with Crippen LogP contribution in [0, 0.1) is 11.3 Å². The molecule has 0 aliphatic carbocycles. The molecule has 1 saturated heterocycles. The average Bonchev–Trinajstić information content (AvgIpc) is 2.65. The zero-order chi connectivity index (χ0) is 18.9. The van der Waals surface area contributed by atoms with Crippen molar-refractivity contribution in [3.05, 3.63) is 29.3 Å². The zero-order valence-corrected chi connectivity index (χ0v) is 14.6. The Morgan fingerprint density at radius 3 is 2.65 bits per heavy atom. The third-order valence-electron chi connectivity index (χ3n) is 3.68. The van der Waals surface area contributed by atoms with Crippen molar-refractivity contribution < 1.29 is 23.8 Å². The Hall–Kier alpha value is -3.05. The van der Waals surface area contributed by atoms with Gasteiger partial charge >= 0.3 is 0 Å². The van der Waals surface area contributed by atoms with Crippen molar-refractivity contribution in [2.24, 2.45) is 5.73 Å². The maximum atomic E-state index is 12.2. The molecule has 2 rings (SSSR count). The van der Waals surface area contributed by atoms with Gasteiger partial charge in [0.25, 0.3) is 11.8 Å². The lowest BCUT2D eigenvalue weighted by atomic mass is 10.1. The highest BCUT2D eigenvalue weighted by Crippen LogP contribution is 2.29. The van der Waals surface area contributed by atoms with E-state index in [0.717, 1.165) is 0 Å². The number of nitriles is 1. The van der Waals surface area contributed by atoms with E-state index in [1.54, 1.807) is 29.2 Å². The first-order valence-corrected chi connectivity index (χ1v) is 8.22. The lowest BCUT2D eigenvalue weighted by Gasteiger charge is -2.26. The molecule has 0 aromatic heterocycles. The maximum absolute atomic E-state index is 12.2. The van der Waals surface area contributed by atoms with Crippen molar-refractivity contribution in [3.8, 4) is 17.6 Å². The van der Waals surface area contributed by atoms with Gasteiger partial charge in [-0.1, -0.05) is 6.07 Å². The fourth-order valence-corrected chi connectivity index (χ4v) is 2.37. The SMILES string of the molecule is CCOc1cc(C=C(C#N)C(N)=O)ccc1OCC(=O)N1CCOCC1. The van der Waals surface area contributed by atoms with E-state index in [4.69, 9.17) is 25.2 Å². The smallest absolute Gasteiger partial charge is 0.260 e. The van der Waals surface area contributed by atoms with E-state index in [-0.39, 0.29) is 18.1 Å². The molecule has 26 heavy (non-hydrogen) atoms. The second-order valence-electron chi connectivity index (χ2n) is 5.46. The van der Waals surface area contributed by atoms with Crippen molar-refractivity contribution in [1.29, 1.82) is 5.26 Å². The number of carbonyl (C=O) groups excluding carboxylic acids is 2. The van der Waals surface area contributed by atoms with E-state index in [0.29, 0.717) is 50.0 Å². The third kappa shape index (κ3) is 5.22. The highest BCUT2D eigenvalue weighted by molar-refractivity contribution is 6.00. The molecule has 1 aromatic rings. The Morgan fingerprint density at radius 1 is 1.31 bits per heavy atom. The van der Waals surface area contributed by atoms with Crippen molar-refractivity contribution in [2.75, 3.05) is 39.5 Å². The number of nitrogens with two attached hydrogens (primary N) is 1. The van der Waals surface area contributed by atoms with Gasteiger partial charge in [0.15, 0.2) is 18.1 Å². The Labute approximate surface area is 151 Å². The number of ether oxygens (including phenoxy) is 3. The second-order valence-corrected chi connectivity index (χ2v) is 5.46. The summed E-state index contributed by atoms with van der Waals surface area (Å²) < 4.78 is 16.4. The zero-order valence-electron chi connectivity index (χ0n) is 14.6. The summed E-state index contributed by atoms with van der Waals surface area (Å²) in [5.74, 6) is -0.108. The van der Waals surface area contributed by atoms with Gasteiger partial charge in [0.05, 0.1) is 19.8 Å². The Morgan fingerprint density at radius 2 is 2.04 bits per heavy atom. The lowest BCUT2D eigenvalue weighted by Crippen LogP contribution is -2.43.